The maximum Gasteiger partial charge on any atom is 0.143 e. The maximum atomic E-state index is 5.42. The number of nitrogens with zero attached hydrogens (tertiary/aromatic N) is 1. The van der Waals surface area contributed by atoms with Gasteiger partial charge in [0.15, 0.2) is 0 Å². The van der Waals surface area contributed by atoms with Crippen LogP contribution in [0, 0.1) is 0 Å². The number of hydrogen-bond acceptors (Lipinski definition) is 3. The highest BCUT2D eigenvalue weighted by molar-refractivity contribution is 5.30. The van der Waals surface area contributed by atoms with E-state index in [-0.39, 0.29) is 0 Å². The molecular formula is C11H18N2O. The van der Waals surface area contributed by atoms with Crippen LogP contribution in [0.3, 0.4) is 0 Å². The first-order valence-electron chi connectivity index (χ1n) is 5.54. The van der Waals surface area contributed by atoms with Gasteiger partial charge in [-0.2, -0.15) is 0 Å². The summed E-state index contributed by atoms with van der Waals surface area (Å²) in [5.41, 5.74) is 2.50. The van der Waals surface area contributed by atoms with Crippen molar-refractivity contribution in [2.45, 2.75) is 45.6 Å². The molecule has 0 saturated carbocycles. The zero-order chi connectivity index (χ0) is 9.97. The van der Waals surface area contributed by atoms with Crippen molar-refractivity contribution in [1.82, 2.24) is 10.5 Å². The third-order valence-corrected chi connectivity index (χ3v) is 3.05. The lowest BCUT2D eigenvalue weighted by molar-refractivity contribution is 0.352. The SMILES string of the molecule is CCNCc1noc2c1CCC2CC. The summed E-state index contributed by atoms with van der Waals surface area (Å²) < 4.78 is 5.42. The molecule has 0 saturated heterocycles. The van der Waals surface area contributed by atoms with Crippen LogP contribution in [0.5, 0.6) is 0 Å². The number of aromatic nitrogens is 1. The molecule has 78 valence electrons. The van der Waals surface area contributed by atoms with Gasteiger partial charge in [0.2, 0.25) is 0 Å². The second-order valence-electron chi connectivity index (χ2n) is 3.90. The standard InChI is InChI=1S/C11H18N2O/c1-3-8-5-6-9-10(7-12-4-2)13-14-11(8)9/h8,12H,3-7H2,1-2H3. The number of rotatable bonds is 4. The molecule has 3 heteroatoms. The van der Waals surface area contributed by atoms with Crippen LogP contribution in [-0.2, 0) is 13.0 Å². The molecule has 1 atom stereocenters. The summed E-state index contributed by atoms with van der Waals surface area (Å²) in [5.74, 6) is 1.77. The van der Waals surface area contributed by atoms with Crippen LogP contribution in [0.15, 0.2) is 4.52 Å². The fraction of sp³-hybridized carbons (Fsp3) is 0.727. The Kier molecular flexibility index (Phi) is 2.87. The first kappa shape index (κ1) is 9.71. The molecule has 1 heterocycles. The molecule has 0 amide bonds. The van der Waals surface area contributed by atoms with Crippen LogP contribution in [-0.4, -0.2) is 11.7 Å². The molecule has 1 unspecified atom stereocenters. The van der Waals surface area contributed by atoms with Gasteiger partial charge in [0, 0.05) is 18.0 Å². The molecule has 0 fully saturated rings. The van der Waals surface area contributed by atoms with Gasteiger partial charge in [-0.25, -0.2) is 0 Å². The molecule has 14 heavy (non-hydrogen) atoms. The quantitative estimate of drug-likeness (QED) is 0.798. The molecular weight excluding hydrogens is 176 g/mol. The molecule has 0 aromatic carbocycles. The van der Waals surface area contributed by atoms with E-state index in [9.17, 15) is 0 Å². The van der Waals surface area contributed by atoms with Crippen LogP contribution in [0.2, 0.25) is 0 Å². The number of nitrogens with one attached hydrogen (secondary N) is 1. The van der Waals surface area contributed by atoms with Crippen molar-refractivity contribution in [2.75, 3.05) is 6.54 Å². The Morgan fingerprint density at radius 3 is 3.07 bits per heavy atom. The van der Waals surface area contributed by atoms with Crippen LogP contribution < -0.4 is 5.32 Å². The average Bonchev–Trinajstić information content (AvgIpc) is 2.75. The summed E-state index contributed by atoms with van der Waals surface area (Å²) >= 11 is 0. The normalized spacial score (nSPS) is 20.0. The van der Waals surface area contributed by atoms with E-state index in [4.69, 9.17) is 4.52 Å². The largest absolute Gasteiger partial charge is 0.361 e. The molecule has 0 bridgehead atoms. The minimum absolute atomic E-state index is 0.618. The van der Waals surface area contributed by atoms with Crippen LogP contribution in [0.4, 0.5) is 0 Å². The van der Waals surface area contributed by atoms with Crippen molar-refractivity contribution in [3.8, 4) is 0 Å². The number of hydrogen-bond donors (Lipinski definition) is 1. The van der Waals surface area contributed by atoms with Gasteiger partial charge in [-0.05, 0) is 25.8 Å². The minimum Gasteiger partial charge on any atom is -0.361 e. The Bertz CT molecular complexity index is 306. The fourth-order valence-electron chi connectivity index (χ4n) is 2.17. The van der Waals surface area contributed by atoms with E-state index in [2.05, 4.69) is 24.3 Å². The molecule has 1 aliphatic carbocycles. The van der Waals surface area contributed by atoms with E-state index in [0.29, 0.717) is 5.92 Å². The highest BCUT2D eigenvalue weighted by Gasteiger charge is 2.28. The molecule has 1 N–H and O–H groups in total. The Hall–Kier alpha value is -0.830. The number of fused-ring (bicyclic) bond motifs is 1. The molecule has 1 aromatic rings. The van der Waals surface area contributed by atoms with Gasteiger partial charge in [-0.15, -0.1) is 0 Å². The van der Waals surface area contributed by atoms with Crippen molar-refractivity contribution >= 4 is 0 Å². The van der Waals surface area contributed by atoms with E-state index in [0.717, 1.165) is 31.0 Å². The van der Waals surface area contributed by atoms with Gasteiger partial charge in [0.25, 0.3) is 0 Å². The summed E-state index contributed by atoms with van der Waals surface area (Å²) in [7, 11) is 0. The maximum absolute atomic E-state index is 5.42. The first-order chi connectivity index (χ1) is 6.86. The Labute approximate surface area is 84.9 Å². The lowest BCUT2D eigenvalue weighted by Crippen LogP contribution is -2.13. The van der Waals surface area contributed by atoms with Crippen LogP contribution in [0.25, 0.3) is 0 Å². The van der Waals surface area contributed by atoms with Crippen LogP contribution >= 0.6 is 0 Å². The van der Waals surface area contributed by atoms with Gasteiger partial charge in [-0.3, -0.25) is 0 Å². The zero-order valence-corrected chi connectivity index (χ0v) is 8.97. The summed E-state index contributed by atoms with van der Waals surface area (Å²) in [6, 6.07) is 0. The van der Waals surface area contributed by atoms with Gasteiger partial charge in [0.05, 0.1) is 0 Å². The summed E-state index contributed by atoms with van der Waals surface area (Å²) in [6.07, 6.45) is 3.56. The molecule has 1 aliphatic rings. The predicted molar refractivity (Wildman–Crippen MR) is 55.2 cm³/mol. The van der Waals surface area contributed by atoms with Crippen LogP contribution in [0.1, 0.15) is 49.6 Å². The van der Waals surface area contributed by atoms with Crippen molar-refractivity contribution < 1.29 is 4.52 Å². The third kappa shape index (κ3) is 1.57. The molecule has 1 aromatic heterocycles. The molecule has 2 rings (SSSR count). The first-order valence-corrected chi connectivity index (χ1v) is 5.54. The second-order valence-corrected chi connectivity index (χ2v) is 3.90. The lowest BCUT2D eigenvalue weighted by Gasteiger charge is -2.00. The van der Waals surface area contributed by atoms with E-state index >= 15 is 0 Å². The van der Waals surface area contributed by atoms with E-state index in [1.807, 2.05) is 0 Å². The molecule has 3 nitrogen and oxygen atoms in total. The smallest absolute Gasteiger partial charge is 0.143 e. The van der Waals surface area contributed by atoms with Crippen molar-refractivity contribution in [1.29, 1.82) is 0 Å². The van der Waals surface area contributed by atoms with Crippen molar-refractivity contribution in [2.24, 2.45) is 0 Å². The Morgan fingerprint density at radius 1 is 1.50 bits per heavy atom. The van der Waals surface area contributed by atoms with E-state index < -0.39 is 0 Å². The molecule has 0 spiro atoms. The highest BCUT2D eigenvalue weighted by atomic mass is 16.5. The summed E-state index contributed by atoms with van der Waals surface area (Å²) in [4.78, 5) is 0. The summed E-state index contributed by atoms with van der Waals surface area (Å²) in [5, 5.41) is 7.43. The zero-order valence-electron chi connectivity index (χ0n) is 8.97. The van der Waals surface area contributed by atoms with Gasteiger partial charge >= 0.3 is 0 Å². The minimum atomic E-state index is 0.618. The van der Waals surface area contributed by atoms with Gasteiger partial charge < -0.3 is 9.84 Å². The molecule has 0 aliphatic heterocycles. The predicted octanol–water partition coefficient (Wildman–Crippen LogP) is 2.22. The third-order valence-electron chi connectivity index (χ3n) is 3.05. The van der Waals surface area contributed by atoms with Crippen molar-refractivity contribution in [3.05, 3.63) is 17.0 Å². The monoisotopic (exact) mass is 194 g/mol. The van der Waals surface area contributed by atoms with Gasteiger partial charge in [-0.1, -0.05) is 19.0 Å². The summed E-state index contributed by atoms with van der Waals surface area (Å²) in [6.45, 7) is 6.16. The fourth-order valence-corrected chi connectivity index (χ4v) is 2.17. The van der Waals surface area contributed by atoms with E-state index in [1.54, 1.807) is 0 Å². The lowest BCUT2D eigenvalue weighted by atomic mass is 10.1. The Morgan fingerprint density at radius 2 is 2.36 bits per heavy atom. The Balaban J connectivity index is 2.13. The topological polar surface area (TPSA) is 38.1 Å². The van der Waals surface area contributed by atoms with Gasteiger partial charge in [0.1, 0.15) is 11.5 Å². The van der Waals surface area contributed by atoms with Crippen molar-refractivity contribution in [3.63, 3.8) is 0 Å². The molecule has 0 radical (unpaired) electrons. The highest BCUT2D eigenvalue weighted by Crippen LogP contribution is 2.36. The average molecular weight is 194 g/mol. The second kappa shape index (κ2) is 4.13. The van der Waals surface area contributed by atoms with E-state index in [1.165, 1.54) is 18.4 Å².